The summed E-state index contributed by atoms with van der Waals surface area (Å²) in [6.45, 7) is 3.87. The Labute approximate surface area is 119 Å². The maximum Gasteiger partial charge on any atom is 0.248 e. The highest BCUT2D eigenvalue weighted by Crippen LogP contribution is 2.26. The molecule has 6 nitrogen and oxygen atoms in total. The Morgan fingerprint density at radius 3 is 2.55 bits per heavy atom. The quantitative estimate of drug-likeness (QED) is 0.689. The van der Waals surface area contributed by atoms with Crippen LogP contribution in [-0.2, 0) is 9.47 Å². The molecule has 1 aromatic carbocycles. The summed E-state index contributed by atoms with van der Waals surface area (Å²) in [6.07, 6.45) is 0. The molecule has 112 valence electrons. The lowest BCUT2D eigenvalue weighted by molar-refractivity contribution is 0.100. The molecule has 0 aliphatic rings. The number of ether oxygens (including phenoxy) is 2. The minimum atomic E-state index is -0.489. The highest BCUT2D eigenvalue weighted by atomic mass is 16.5. The van der Waals surface area contributed by atoms with E-state index in [0.29, 0.717) is 31.0 Å². The molecule has 6 heteroatoms. The predicted molar refractivity (Wildman–Crippen MR) is 79.9 cm³/mol. The lowest BCUT2D eigenvalue weighted by Gasteiger charge is -2.31. The average Bonchev–Trinajstić information content (AvgIpc) is 2.40. The summed E-state index contributed by atoms with van der Waals surface area (Å²) < 4.78 is 10.3. The van der Waals surface area contributed by atoms with Crippen molar-refractivity contribution in [2.75, 3.05) is 44.6 Å². The first-order valence-electron chi connectivity index (χ1n) is 6.45. The lowest BCUT2D eigenvalue weighted by Crippen LogP contribution is -2.39. The van der Waals surface area contributed by atoms with Crippen molar-refractivity contribution in [3.05, 3.63) is 23.8 Å². The monoisotopic (exact) mass is 281 g/mol. The van der Waals surface area contributed by atoms with Gasteiger partial charge in [-0.1, -0.05) is 0 Å². The summed E-state index contributed by atoms with van der Waals surface area (Å²) in [7, 11) is 3.31. The maximum atomic E-state index is 11.2. The van der Waals surface area contributed by atoms with Gasteiger partial charge in [-0.2, -0.15) is 0 Å². The predicted octanol–water partition coefficient (Wildman–Crippen LogP) is 0.855. The Morgan fingerprint density at radius 2 is 2.05 bits per heavy atom. The zero-order chi connectivity index (χ0) is 15.1. The van der Waals surface area contributed by atoms with Crippen LogP contribution in [0.5, 0.6) is 0 Å². The fourth-order valence-corrected chi connectivity index (χ4v) is 2.07. The number of rotatable bonds is 8. The van der Waals surface area contributed by atoms with Crippen molar-refractivity contribution in [1.82, 2.24) is 0 Å². The number of nitrogens with zero attached hydrogens (tertiary/aromatic N) is 1. The lowest BCUT2D eigenvalue weighted by atomic mass is 10.1. The molecule has 0 saturated carbocycles. The van der Waals surface area contributed by atoms with Crippen LogP contribution in [0.3, 0.4) is 0 Å². The van der Waals surface area contributed by atoms with Crippen molar-refractivity contribution < 1.29 is 14.3 Å². The maximum absolute atomic E-state index is 11.2. The third kappa shape index (κ3) is 4.11. The minimum absolute atomic E-state index is 0.136. The molecule has 1 amide bonds. The van der Waals surface area contributed by atoms with Crippen molar-refractivity contribution in [1.29, 1.82) is 0 Å². The Kier molecular flexibility index (Phi) is 6.27. The third-order valence-electron chi connectivity index (χ3n) is 3.10. The number of carbonyl (C=O) groups excluding carboxylic acids is 1. The van der Waals surface area contributed by atoms with E-state index in [9.17, 15) is 4.79 Å². The van der Waals surface area contributed by atoms with Crippen molar-refractivity contribution in [3.8, 4) is 0 Å². The summed E-state index contributed by atoms with van der Waals surface area (Å²) in [4.78, 5) is 13.2. The first-order valence-corrected chi connectivity index (χ1v) is 6.45. The number of amides is 1. The van der Waals surface area contributed by atoms with Crippen LogP contribution in [0.4, 0.5) is 11.4 Å². The number of carbonyl (C=O) groups is 1. The molecule has 20 heavy (non-hydrogen) atoms. The number of hydrogen-bond acceptors (Lipinski definition) is 5. The van der Waals surface area contributed by atoms with Gasteiger partial charge in [-0.15, -0.1) is 0 Å². The summed E-state index contributed by atoms with van der Waals surface area (Å²) in [5, 5.41) is 0. The molecule has 0 aromatic heterocycles. The molecule has 0 radical (unpaired) electrons. The third-order valence-corrected chi connectivity index (χ3v) is 3.10. The van der Waals surface area contributed by atoms with Crippen molar-refractivity contribution >= 4 is 17.3 Å². The van der Waals surface area contributed by atoms with Crippen LogP contribution in [0.1, 0.15) is 17.3 Å². The second-order valence-corrected chi connectivity index (χ2v) is 4.63. The molecule has 0 fully saturated rings. The van der Waals surface area contributed by atoms with Gasteiger partial charge >= 0.3 is 0 Å². The van der Waals surface area contributed by atoms with Crippen LogP contribution in [0.25, 0.3) is 0 Å². The van der Waals surface area contributed by atoms with Crippen molar-refractivity contribution in [2.24, 2.45) is 5.73 Å². The summed E-state index contributed by atoms with van der Waals surface area (Å²) >= 11 is 0. The van der Waals surface area contributed by atoms with Gasteiger partial charge in [-0.3, -0.25) is 4.79 Å². The van der Waals surface area contributed by atoms with E-state index >= 15 is 0 Å². The molecule has 0 bridgehead atoms. The summed E-state index contributed by atoms with van der Waals surface area (Å²) in [6, 6.07) is 5.21. The first kappa shape index (κ1) is 16.3. The van der Waals surface area contributed by atoms with Crippen LogP contribution < -0.4 is 16.4 Å². The van der Waals surface area contributed by atoms with E-state index in [4.69, 9.17) is 20.9 Å². The molecule has 1 unspecified atom stereocenters. The topological polar surface area (TPSA) is 90.8 Å². The molecular weight excluding hydrogens is 258 g/mol. The molecule has 4 N–H and O–H groups in total. The van der Waals surface area contributed by atoms with Gasteiger partial charge in [0.05, 0.1) is 24.6 Å². The zero-order valence-corrected chi connectivity index (χ0v) is 12.3. The fourth-order valence-electron chi connectivity index (χ4n) is 2.07. The Hall–Kier alpha value is -1.79. The van der Waals surface area contributed by atoms with E-state index in [2.05, 4.69) is 4.90 Å². The molecule has 0 spiro atoms. The second kappa shape index (κ2) is 7.72. The van der Waals surface area contributed by atoms with Crippen molar-refractivity contribution in [2.45, 2.75) is 13.0 Å². The van der Waals surface area contributed by atoms with E-state index < -0.39 is 5.91 Å². The molecule has 1 aromatic rings. The van der Waals surface area contributed by atoms with Crippen LogP contribution in [0.15, 0.2) is 18.2 Å². The molecule has 1 rings (SSSR count). The van der Waals surface area contributed by atoms with E-state index in [0.717, 1.165) is 5.69 Å². The molecule has 0 heterocycles. The Bertz CT molecular complexity index is 451. The van der Waals surface area contributed by atoms with Gasteiger partial charge in [0.15, 0.2) is 0 Å². The average molecular weight is 281 g/mol. The summed E-state index contributed by atoms with van der Waals surface area (Å²) in [5.74, 6) is -0.489. The Morgan fingerprint density at radius 1 is 1.35 bits per heavy atom. The van der Waals surface area contributed by atoms with Gasteiger partial charge in [0, 0.05) is 32.4 Å². The number of anilines is 2. The fraction of sp³-hybridized carbons (Fsp3) is 0.500. The standard InChI is InChI=1S/C14H23N3O3/c1-10(9-20-3)17(6-7-19-2)13-5-4-11(14(16)18)8-12(13)15/h4-5,8,10H,6-7,9,15H2,1-3H3,(H2,16,18). The van der Waals surface area contributed by atoms with Gasteiger partial charge in [0.25, 0.3) is 0 Å². The Balaban J connectivity index is 3.03. The van der Waals surface area contributed by atoms with E-state index in [1.54, 1.807) is 32.4 Å². The van der Waals surface area contributed by atoms with Crippen LogP contribution in [0.2, 0.25) is 0 Å². The number of benzene rings is 1. The van der Waals surface area contributed by atoms with Gasteiger partial charge in [0.2, 0.25) is 5.91 Å². The van der Waals surface area contributed by atoms with Crippen LogP contribution in [0, 0.1) is 0 Å². The first-order chi connectivity index (χ1) is 9.51. The normalized spacial score (nSPS) is 12.2. The highest BCUT2D eigenvalue weighted by molar-refractivity contribution is 5.94. The smallest absolute Gasteiger partial charge is 0.248 e. The zero-order valence-electron chi connectivity index (χ0n) is 12.3. The van der Waals surface area contributed by atoms with Crippen molar-refractivity contribution in [3.63, 3.8) is 0 Å². The van der Waals surface area contributed by atoms with Gasteiger partial charge < -0.3 is 25.8 Å². The van der Waals surface area contributed by atoms with Crippen LogP contribution in [-0.4, -0.2) is 45.9 Å². The van der Waals surface area contributed by atoms with Gasteiger partial charge in [-0.05, 0) is 25.1 Å². The minimum Gasteiger partial charge on any atom is -0.397 e. The molecule has 0 saturated heterocycles. The number of primary amides is 1. The van der Waals surface area contributed by atoms with Gasteiger partial charge in [-0.25, -0.2) is 0 Å². The molecular formula is C14H23N3O3. The van der Waals surface area contributed by atoms with Crippen LogP contribution >= 0.6 is 0 Å². The highest BCUT2D eigenvalue weighted by Gasteiger charge is 2.17. The van der Waals surface area contributed by atoms with E-state index in [1.165, 1.54) is 0 Å². The SMILES string of the molecule is COCCN(c1ccc(C(N)=O)cc1N)C(C)COC. The number of nitrogen functional groups attached to an aromatic ring is 1. The largest absolute Gasteiger partial charge is 0.397 e. The van der Waals surface area contributed by atoms with Gasteiger partial charge in [0.1, 0.15) is 0 Å². The molecule has 1 atom stereocenters. The molecule has 0 aliphatic heterocycles. The number of methoxy groups -OCH3 is 2. The van der Waals surface area contributed by atoms with E-state index in [1.807, 2.05) is 6.92 Å². The summed E-state index contributed by atoms with van der Waals surface area (Å²) in [5.41, 5.74) is 13.0. The van der Waals surface area contributed by atoms with E-state index in [-0.39, 0.29) is 6.04 Å². The second-order valence-electron chi connectivity index (χ2n) is 4.63. The number of nitrogens with two attached hydrogens (primary N) is 2. The molecule has 0 aliphatic carbocycles. The number of hydrogen-bond donors (Lipinski definition) is 2.